The van der Waals surface area contributed by atoms with Crippen molar-refractivity contribution in [1.29, 1.82) is 0 Å². The molecule has 6 heteroatoms. The summed E-state index contributed by atoms with van der Waals surface area (Å²) in [5.74, 6) is 0.0569. The van der Waals surface area contributed by atoms with Crippen LogP contribution in [0.25, 0.3) is 10.2 Å². The second-order valence-corrected chi connectivity index (χ2v) is 6.31. The van der Waals surface area contributed by atoms with Crippen LogP contribution in [0.5, 0.6) is 5.75 Å². The molecule has 1 heterocycles. The molecule has 2 aromatic rings. The van der Waals surface area contributed by atoms with Gasteiger partial charge in [-0.3, -0.25) is 4.79 Å². The molecule has 1 atom stereocenters. The molecule has 0 bridgehead atoms. The van der Waals surface area contributed by atoms with Crippen LogP contribution in [0.1, 0.15) is 37.4 Å². The van der Waals surface area contributed by atoms with E-state index in [1.54, 1.807) is 0 Å². The van der Waals surface area contributed by atoms with Crippen LogP contribution in [0.2, 0.25) is 0 Å². The third-order valence-corrected chi connectivity index (χ3v) is 4.80. The van der Waals surface area contributed by atoms with Crippen LogP contribution >= 0.6 is 11.3 Å². The Morgan fingerprint density at radius 3 is 2.90 bits per heavy atom. The van der Waals surface area contributed by atoms with Gasteiger partial charge in [-0.1, -0.05) is 24.2 Å². The van der Waals surface area contributed by atoms with E-state index in [0.717, 1.165) is 24.2 Å². The van der Waals surface area contributed by atoms with Crippen LogP contribution in [-0.4, -0.2) is 27.8 Å². The Hall–Kier alpha value is -1.37. The quantitative estimate of drug-likeness (QED) is 0.693. The van der Waals surface area contributed by atoms with Gasteiger partial charge in [-0.2, -0.15) is 0 Å². The van der Waals surface area contributed by atoms with E-state index in [9.17, 15) is 15.0 Å². The van der Waals surface area contributed by atoms with Crippen molar-refractivity contribution >= 4 is 21.6 Å². The lowest BCUT2D eigenvalue weighted by atomic mass is 10.1. The minimum Gasteiger partial charge on any atom is -0.508 e. The van der Waals surface area contributed by atoms with Gasteiger partial charge in [0, 0.05) is 24.2 Å². The Labute approximate surface area is 120 Å². The summed E-state index contributed by atoms with van der Waals surface area (Å²) in [7, 11) is 0. The lowest BCUT2D eigenvalue weighted by Crippen LogP contribution is -2.30. The summed E-state index contributed by atoms with van der Waals surface area (Å²) < 4.78 is 0.716. The molecule has 0 radical (unpaired) electrons. The summed E-state index contributed by atoms with van der Waals surface area (Å²) in [6.07, 6.45) is 4.06. The predicted octanol–water partition coefficient (Wildman–Crippen LogP) is 1.86. The Morgan fingerprint density at radius 2 is 2.15 bits per heavy atom. The summed E-state index contributed by atoms with van der Waals surface area (Å²) in [5.41, 5.74) is 1.18. The molecule has 5 nitrogen and oxygen atoms in total. The first-order chi connectivity index (χ1) is 9.63. The van der Waals surface area contributed by atoms with Gasteiger partial charge in [0.05, 0.1) is 16.3 Å². The maximum Gasteiger partial charge on any atom is 0.305 e. The lowest BCUT2D eigenvalue weighted by Gasteiger charge is -2.17. The van der Waals surface area contributed by atoms with Crippen LogP contribution in [0.4, 0.5) is 0 Å². The fourth-order valence-electron chi connectivity index (χ4n) is 2.84. The zero-order valence-electron chi connectivity index (χ0n) is 11.1. The number of aliphatic hydroxyl groups excluding tert-OH is 1. The Balaban J connectivity index is 1.82. The molecule has 1 aromatic heterocycles. The van der Waals surface area contributed by atoms with Crippen molar-refractivity contribution in [2.45, 2.75) is 37.8 Å². The molecule has 20 heavy (non-hydrogen) atoms. The molecular weight excluding hydrogens is 276 g/mol. The summed E-state index contributed by atoms with van der Waals surface area (Å²) in [5, 5.41) is 23.4. The van der Waals surface area contributed by atoms with Crippen LogP contribution in [0.3, 0.4) is 0 Å². The maximum atomic E-state index is 11.4. The number of thiazole rings is 1. The summed E-state index contributed by atoms with van der Waals surface area (Å²) >= 11 is 1.06. The number of H-pyrrole nitrogens is 1. The molecule has 108 valence electrons. The van der Waals surface area contributed by atoms with Gasteiger partial charge in [0.1, 0.15) is 5.75 Å². The first kappa shape index (κ1) is 13.6. The largest absolute Gasteiger partial charge is 0.508 e. The molecule has 1 aliphatic rings. The van der Waals surface area contributed by atoms with Gasteiger partial charge in [0.15, 0.2) is 0 Å². The second-order valence-electron chi connectivity index (χ2n) is 5.33. The highest BCUT2D eigenvalue weighted by Crippen LogP contribution is 2.30. The van der Waals surface area contributed by atoms with Crippen molar-refractivity contribution in [2.24, 2.45) is 0 Å². The fourth-order valence-corrected chi connectivity index (χ4v) is 3.72. The minimum absolute atomic E-state index is 0.0569. The van der Waals surface area contributed by atoms with E-state index in [1.165, 1.54) is 25.0 Å². The van der Waals surface area contributed by atoms with Gasteiger partial charge in [-0.25, -0.2) is 0 Å². The number of rotatable bonds is 4. The number of aliphatic hydroxyl groups is 1. The Kier molecular flexibility index (Phi) is 3.78. The third kappa shape index (κ3) is 2.72. The first-order valence-electron chi connectivity index (χ1n) is 6.90. The average Bonchev–Trinajstić information content (AvgIpc) is 3.03. The number of phenols is 1. The summed E-state index contributed by atoms with van der Waals surface area (Å²) in [6.45, 7) is 0.440. The number of benzene rings is 1. The standard InChI is InChI=1S/C14H18N2O3S/c17-9-5-10(13-11(6-9)16-14(19)20-13)12(18)7-15-8-3-1-2-4-8/h5-6,8,12,15,17-18H,1-4,7H2,(H,16,19). The monoisotopic (exact) mass is 294 g/mol. The summed E-state index contributed by atoms with van der Waals surface area (Å²) in [4.78, 5) is 13.9. The average molecular weight is 294 g/mol. The SMILES string of the molecule is O=c1[nH]c2cc(O)cc(C(O)CNC3CCCC3)c2s1. The van der Waals surface area contributed by atoms with Crippen molar-refractivity contribution in [1.82, 2.24) is 10.3 Å². The van der Waals surface area contributed by atoms with Crippen molar-refractivity contribution in [3.8, 4) is 5.75 Å². The Bertz CT molecular complexity index is 658. The van der Waals surface area contributed by atoms with Gasteiger partial charge in [0.25, 0.3) is 0 Å². The molecule has 4 N–H and O–H groups in total. The first-order valence-corrected chi connectivity index (χ1v) is 7.72. The molecule has 0 spiro atoms. The van der Waals surface area contributed by atoms with Crippen LogP contribution in [0.15, 0.2) is 16.9 Å². The molecule has 1 aromatic carbocycles. The van der Waals surface area contributed by atoms with E-state index >= 15 is 0 Å². The van der Waals surface area contributed by atoms with Crippen LogP contribution < -0.4 is 10.2 Å². The van der Waals surface area contributed by atoms with E-state index in [-0.39, 0.29) is 10.6 Å². The van der Waals surface area contributed by atoms with Crippen molar-refractivity contribution in [3.63, 3.8) is 0 Å². The van der Waals surface area contributed by atoms with E-state index < -0.39 is 6.10 Å². The lowest BCUT2D eigenvalue weighted by molar-refractivity contribution is 0.171. The molecular formula is C14H18N2O3S. The van der Waals surface area contributed by atoms with Gasteiger partial charge in [-0.15, -0.1) is 0 Å². The minimum atomic E-state index is -0.725. The normalized spacial score (nSPS) is 17.9. The number of aromatic hydroxyl groups is 1. The van der Waals surface area contributed by atoms with E-state index in [1.807, 2.05) is 0 Å². The van der Waals surface area contributed by atoms with Gasteiger partial charge < -0.3 is 20.5 Å². The van der Waals surface area contributed by atoms with Crippen molar-refractivity contribution < 1.29 is 10.2 Å². The smallest absolute Gasteiger partial charge is 0.305 e. The van der Waals surface area contributed by atoms with E-state index in [4.69, 9.17) is 0 Å². The number of fused-ring (bicyclic) bond motifs is 1. The van der Waals surface area contributed by atoms with Crippen molar-refractivity contribution in [3.05, 3.63) is 27.4 Å². The topological polar surface area (TPSA) is 85.4 Å². The molecule has 0 saturated heterocycles. The maximum absolute atomic E-state index is 11.4. The number of aromatic nitrogens is 1. The molecule has 1 aliphatic carbocycles. The zero-order valence-corrected chi connectivity index (χ0v) is 11.9. The number of nitrogens with one attached hydrogen (secondary N) is 2. The number of hydrogen-bond donors (Lipinski definition) is 4. The highest BCUT2D eigenvalue weighted by Gasteiger charge is 2.19. The summed E-state index contributed by atoms with van der Waals surface area (Å²) in [6, 6.07) is 3.52. The van der Waals surface area contributed by atoms with Crippen LogP contribution in [-0.2, 0) is 0 Å². The van der Waals surface area contributed by atoms with Crippen LogP contribution in [0, 0.1) is 0 Å². The van der Waals surface area contributed by atoms with Gasteiger partial charge in [-0.05, 0) is 18.9 Å². The molecule has 1 saturated carbocycles. The fraction of sp³-hybridized carbons (Fsp3) is 0.500. The predicted molar refractivity (Wildman–Crippen MR) is 79.3 cm³/mol. The highest BCUT2D eigenvalue weighted by molar-refractivity contribution is 7.16. The highest BCUT2D eigenvalue weighted by atomic mass is 32.1. The third-order valence-electron chi connectivity index (χ3n) is 3.85. The molecule has 1 unspecified atom stereocenters. The van der Waals surface area contributed by atoms with Gasteiger partial charge >= 0.3 is 4.87 Å². The number of hydrogen-bond acceptors (Lipinski definition) is 5. The molecule has 0 amide bonds. The molecule has 3 rings (SSSR count). The number of aromatic amines is 1. The second kappa shape index (κ2) is 5.55. The number of phenolic OH excluding ortho intramolecular Hbond substituents is 1. The van der Waals surface area contributed by atoms with E-state index in [0.29, 0.717) is 28.4 Å². The van der Waals surface area contributed by atoms with E-state index in [2.05, 4.69) is 10.3 Å². The molecule has 0 aliphatic heterocycles. The molecule has 1 fully saturated rings. The Morgan fingerprint density at radius 1 is 1.40 bits per heavy atom. The van der Waals surface area contributed by atoms with Gasteiger partial charge in [0.2, 0.25) is 0 Å². The zero-order chi connectivity index (χ0) is 14.1. The van der Waals surface area contributed by atoms with Crippen molar-refractivity contribution in [2.75, 3.05) is 6.54 Å².